The quantitative estimate of drug-likeness (QED) is 0.676. The normalized spacial score (nSPS) is 22.1. The lowest BCUT2D eigenvalue weighted by Crippen LogP contribution is -2.55. The van der Waals surface area contributed by atoms with E-state index >= 15 is 0 Å². The molecular formula is C15H17BrClFN4O3S2. The van der Waals surface area contributed by atoms with Crippen molar-refractivity contribution in [2.24, 2.45) is 0 Å². The first kappa shape index (κ1) is 22.2. The van der Waals surface area contributed by atoms with Crippen LogP contribution in [-0.2, 0) is 15.0 Å². The van der Waals surface area contributed by atoms with Crippen LogP contribution in [0.4, 0.5) is 10.1 Å². The molecule has 1 amide bonds. The first-order valence-corrected chi connectivity index (χ1v) is 10.8. The molecule has 148 valence electrons. The van der Waals surface area contributed by atoms with Crippen LogP contribution >= 0.6 is 38.9 Å². The van der Waals surface area contributed by atoms with Gasteiger partial charge >= 0.3 is 0 Å². The topological polar surface area (TPSA) is 91.4 Å². The highest BCUT2D eigenvalue weighted by molar-refractivity contribution is 9.10. The number of amides is 1. The number of hydrogen-bond acceptors (Lipinski definition) is 5. The lowest BCUT2D eigenvalue weighted by molar-refractivity contribution is -0.120. The Hall–Kier alpha value is -1.11. The molecule has 27 heavy (non-hydrogen) atoms. The minimum Gasteiger partial charge on any atom is -0.325 e. The third-order valence-corrected chi connectivity index (χ3v) is 7.40. The summed E-state index contributed by atoms with van der Waals surface area (Å²) in [5.41, 5.74) is 0.277. The number of hydrogen-bond donors (Lipinski definition) is 2. The van der Waals surface area contributed by atoms with Crippen LogP contribution < -0.4 is 10.0 Å². The van der Waals surface area contributed by atoms with E-state index in [9.17, 15) is 17.6 Å². The monoisotopic (exact) mass is 498 g/mol. The molecule has 2 heterocycles. The van der Waals surface area contributed by atoms with E-state index in [1.807, 2.05) is 0 Å². The Morgan fingerprint density at radius 1 is 1.52 bits per heavy atom. The Morgan fingerprint density at radius 2 is 2.22 bits per heavy atom. The van der Waals surface area contributed by atoms with Crippen LogP contribution in [0, 0.1) is 5.82 Å². The highest BCUT2D eigenvalue weighted by Gasteiger charge is 2.41. The van der Waals surface area contributed by atoms with Gasteiger partial charge in [0.1, 0.15) is 21.5 Å². The SMILES string of the molecule is C.CN1C(C(=O)Nc2ccc(F)c(Cl)c2)CC(c2nc(Br)cs2)NS1(=O)=O. The van der Waals surface area contributed by atoms with E-state index in [1.165, 1.54) is 30.5 Å². The fraction of sp³-hybridized carbons (Fsp3) is 0.333. The van der Waals surface area contributed by atoms with Gasteiger partial charge in [-0.1, -0.05) is 19.0 Å². The Bertz CT molecular complexity index is 956. The van der Waals surface area contributed by atoms with Gasteiger partial charge in [-0.25, -0.2) is 9.37 Å². The van der Waals surface area contributed by atoms with Crippen molar-refractivity contribution in [3.8, 4) is 0 Å². The van der Waals surface area contributed by atoms with Gasteiger partial charge in [0.05, 0.1) is 11.1 Å². The van der Waals surface area contributed by atoms with Crippen molar-refractivity contribution in [3.63, 3.8) is 0 Å². The van der Waals surface area contributed by atoms with Gasteiger partial charge in [-0.15, -0.1) is 11.3 Å². The van der Waals surface area contributed by atoms with Crippen molar-refractivity contribution in [2.75, 3.05) is 12.4 Å². The third kappa shape index (κ3) is 4.84. The Kier molecular flexibility index (Phi) is 6.98. The maximum atomic E-state index is 13.2. The fourth-order valence-electron chi connectivity index (χ4n) is 2.50. The van der Waals surface area contributed by atoms with E-state index in [4.69, 9.17) is 11.6 Å². The molecule has 1 aliphatic rings. The number of anilines is 1. The molecule has 2 unspecified atom stereocenters. The zero-order valence-electron chi connectivity index (χ0n) is 13.2. The molecule has 12 heteroatoms. The average Bonchev–Trinajstić information content (AvgIpc) is 2.99. The molecule has 1 fully saturated rings. The number of rotatable bonds is 3. The number of benzene rings is 1. The average molecular weight is 500 g/mol. The number of thiazole rings is 1. The lowest BCUT2D eigenvalue weighted by Gasteiger charge is -2.35. The van der Waals surface area contributed by atoms with Gasteiger partial charge in [-0.3, -0.25) is 4.79 Å². The summed E-state index contributed by atoms with van der Waals surface area (Å²) in [5.74, 6) is -1.15. The molecule has 1 aromatic heterocycles. The van der Waals surface area contributed by atoms with Crippen molar-refractivity contribution < 1.29 is 17.6 Å². The summed E-state index contributed by atoms with van der Waals surface area (Å²) >= 11 is 10.2. The molecule has 1 saturated heterocycles. The second-order valence-corrected chi connectivity index (χ2v) is 9.44. The molecule has 0 spiro atoms. The highest BCUT2D eigenvalue weighted by Crippen LogP contribution is 2.31. The van der Waals surface area contributed by atoms with E-state index in [2.05, 4.69) is 31.0 Å². The largest absolute Gasteiger partial charge is 0.325 e. The Labute approximate surface area is 174 Å². The zero-order valence-corrected chi connectivity index (χ0v) is 17.2. The Morgan fingerprint density at radius 3 is 2.81 bits per heavy atom. The van der Waals surface area contributed by atoms with Crippen molar-refractivity contribution in [1.29, 1.82) is 0 Å². The molecule has 2 atom stereocenters. The molecule has 2 aromatic rings. The smallest absolute Gasteiger partial charge is 0.280 e. The van der Waals surface area contributed by atoms with E-state index < -0.39 is 34.0 Å². The van der Waals surface area contributed by atoms with Crippen molar-refractivity contribution >= 4 is 60.7 Å². The molecule has 0 aliphatic carbocycles. The second kappa shape index (κ2) is 8.50. The van der Waals surface area contributed by atoms with Crippen molar-refractivity contribution in [1.82, 2.24) is 14.0 Å². The number of likely N-dealkylation sites (N-methyl/N-ethyl adjacent to an activating group) is 1. The number of aromatic nitrogens is 1. The minimum atomic E-state index is -3.86. The molecule has 1 aliphatic heterocycles. The predicted octanol–water partition coefficient (Wildman–Crippen LogP) is 3.55. The molecule has 1 aromatic carbocycles. The lowest BCUT2D eigenvalue weighted by atomic mass is 10.1. The van der Waals surface area contributed by atoms with E-state index in [1.54, 1.807) is 5.38 Å². The van der Waals surface area contributed by atoms with Gasteiger partial charge in [-0.05, 0) is 40.5 Å². The number of carbonyl (C=O) groups is 1. The first-order chi connectivity index (χ1) is 12.2. The van der Waals surface area contributed by atoms with Crippen LogP contribution in [0.1, 0.15) is 24.9 Å². The summed E-state index contributed by atoms with van der Waals surface area (Å²) in [4.78, 5) is 16.9. The highest BCUT2D eigenvalue weighted by atomic mass is 79.9. The van der Waals surface area contributed by atoms with Gasteiger partial charge in [0, 0.05) is 18.1 Å². The third-order valence-electron chi connectivity index (χ3n) is 3.85. The number of carbonyl (C=O) groups excluding carboxylic acids is 1. The molecule has 0 bridgehead atoms. The molecule has 0 saturated carbocycles. The standard InChI is InChI=1S/C14H13BrClFN4O3S2.CH4/c1-21-11(13(22)18-7-2-3-9(17)8(16)4-7)5-10(20-26(21,23)24)14-19-12(15)6-25-14;/h2-4,6,10-11,20H,5H2,1H3,(H,18,22);1H4. The molecule has 0 radical (unpaired) electrons. The summed E-state index contributed by atoms with van der Waals surface area (Å²) in [6.45, 7) is 0. The zero-order chi connectivity index (χ0) is 19.1. The summed E-state index contributed by atoms with van der Waals surface area (Å²) in [6, 6.07) is 2.15. The molecular weight excluding hydrogens is 483 g/mol. The second-order valence-electron chi connectivity index (χ2n) is 5.57. The van der Waals surface area contributed by atoms with Crippen molar-refractivity contribution in [2.45, 2.75) is 25.9 Å². The maximum absolute atomic E-state index is 13.2. The fourth-order valence-corrected chi connectivity index (χ4v) is 5.34. The van der Waals surface area contributed by atoms with Crippen LogP contribution in [0.2, 0.25) is 5.02 Å². The molecule has 3 rings (SSSR count). The number of halogens is 3. The van der Waals surface area contributed by atoms with Gasteiger partial charge < -0.3 is 5.32 Å². The minimum absolute atomic E-state index is 0. The summed E-state index contributed by atoms with van der Waals surface area (Å²) in [7, 11) is -2.55. The molecule has 2 N–H and O–H groups in total. The van der Waals surface area contributed by atoms with E-state index in [0.29, 0.717) is 9.61 Å². The van der Waals surface area contributed by atoms with Crippen LogP contribution in [0.15, 0.2) is 28.2 Å². The summed E-state index contributed by atoms with van der Waals surface area (Å²) in [6.07, 6.45) is 0.191. The van der Waals surface area contributed by atoms with Gasteiger partial charge in [-0.2, -0.15) is 17.4 Å². The van der Waals surface area contributed by atoms with Crippen molar-refractivity contribution in [3.05, 3.63) is 44.0 Å². The van der Waals surface area contributed by atoms with Crippen LogP contribution in [0.5, 0.6) is 0 Å². The number of nitrogens with zero attached hydrogens (tertiary/aromatic N) is 2. The van der Waals surface area contributed by atoms with Crippen LogP contribution in [-0.4, -0.2) is 36.7 Å². The van der Waals surface area contributed by atoms with Gasteiger partial charge in [0.2, 0.25) is 5.91 Å². The van der Waals surface area contributed by atoms with Crippen LogP contribution in [0.25, 0.3) is 0 Å². The van der Waals surface area contributed by atoms with Gasteiger partial charge in [0.15, 0.2) is 0 Å². The summed E-state index contributed by atoms with van der Waals surface area (Å²) in [5, 5.41) is 4.72. The van der Waals surface area contributed by atoms with Gasteiger partial charge in [0.25, 0.3) is 10.2 Å². The van der Waals surface area contributed by atoms with Crippen LogP contribution in [0.3, 0.4) is 0 Å². The maximum Gasteiger partial charge on any atom is 0.280 e. The Balaban J connectivity index is 0.00000261. The molecule has 7 nitrogen and oxygen atoms in total. The number of nitrogens with one attached hydrogen (secondary N) is 2. The predicted molar refractivity (Wildman–Crippen MR) is 108 cm³/mol. The van der Waals surface area contributed by atoms with E-state index in [0.717, 1.165) is 10.4 Å². The van der Waals surface area contributed by atoms with E-state index in [-0.39, 0.29) is 24.6 Å². The summed E-state index contributed by atoms with van der Waals surface area (Å²) < 4.78 is 42.1. The first-order valence-electron chi connectivity index (χ1n) is 7.29.